The van der Waals surface area contributed by atoms with Gasteiger partial charge >= 0.3 is 0 Å². The maximum Gasteiger partial charge on any atom is 0.236 e. The van der Waals surface area contributed by atoms with E-state index in [2.05, 4.69) is 15.6 Å². The molecule has 0 spiro atoms. The molecule has 1 aliphatic rings. The number of nitrogens with zero attached hydrogens (tertiary/aromatic N) is 1. The summed E-state index contributed by atoms with van der Waals surface area (Å²) in [6, 6.07) is 8.75. The molecule has 0 saturated heterocycles. The number of phenols is 1. The van der Waals surface area contributed by atoms with Crippen molar-refractivity contribution in [2.24, 2.45) is 5.73 Å². The number of ketones is 1. The number of amides is 1. The minimum atomic E-state index is -0.528. The summed E-state index contributed by atoms with van der Waals surface area (Å²) in [7, 11) is 0. The van der Waals surface area contributed by atoms with E-state index in [9.17, 15) is 14.7 Å². The number of phenolic OH excluding ortho intramolecular Hbond substituents is 1. The molecule has 3 aromatic rings. The van der Waals surface area contributed by atoms with Gasteiger partial charge in [0.05, 0.1) is 32.9 Å². The Kier molecular flexibility index (Phi) is 7.50. The molecule has 4 rings (SSSR count). The molecule has 1 aromatic heterocycles. The van der Waals surface area contributed by atoms with Crippen molar-refractivity contribution in [1.29, 1.82) is 0 Å². The maximum atomic E-state index is 12.5. The number of carbonyl (C=O) groups excluding carboxylic acids is 2. The predicted octanol–water partition coefficient (Wildman–Crippen LogP) is 5.30. The van der Waals surface area contributed by atoms with Gasteiger partial charge in [-0.3, -0.25) is 14.6 Å². The number of benzene rings is 2. The first kappa shape index (κ1) is 25.2. The van der Waals surface area contributed by atoms with Crippen LogP contribution in [0.2, 0.25) is 10.0 Å². The van der Waals surface area contributed by atoms with Gasteiger partial charge in [0.2, 0.25) is 5.91 Å². The number of anilines is 1. The van der Waals surface area contributed by atoms with Crippen molar-refractivity contribution in [2.75, 3.05) is 5.32 Å². The van der Waals surface area contributed by atoms with Crippen molar-refractivity contribution < 1.29 is 14.7 Å². The number of hydrogen-bond donors (Lipinski definition) is 4. The molecular weight excluding hydrogens is 487 g/mol. The van der Waals surface area contributed by atoms with Crippen LogP contribution >= 0.6 is 23.2 Å². The number of Topliss-reactive ketones (excluding diaryl/α,β-unsaturated/α-hetero) is 1. The molecule has 1 fully saturated rings. The van der Waals surface area contributed by atoms with E-state index in [1.165, 1.54) is 6.92 Å². The Hall–Kier alpha value is -2.87. The van der Waals surface area contributed by atoms with Crippen LogP contribution in [0.4, 0.5) is 5.69 Å². The van der Waals surface area contributed by atoms with Gasteiger partial charge in [-0.2, -0.15) is 0 Å². The molecule has 0 radical (unpaired) electrons. The summed E-state index contributed by atoms with van der Waals surface area (Å²) in [6.45, 7) is 3.20. The fourth-order valence-electron chi connectivity index (χ4n) is 4.45. The lowest BCUT2D eigenvalue weighted by Crippen LogP contribution is -2.46. The van der Waals surface area contributed by atoms with Crippen LogP contribution in [0.25, 0.3) is 22.0 Å². The van der Waals surface area contributed by atoms with Gasteiger partial charge in [-0.15, -0.1) is 0 Å². The van der Waals surface area contributed by atoms with Crippen LogP contribution in [0.5, 0.6) is 5.75 Å². The number of aromatic hydroxyl groups is 1. The van der Waals surface area contributed by atoms with Crippen LogP contribution in [0, 0.1) is 0 Å². The summed E-state index contributed by atoms with van der Waals surface area (Å²) in [5.41, 5.74) is 9.24. The SMILES string of the molecule is CC(=O)c1cnc2ccc(-c3cc(Cl)c(O)c(Cl)c3)cc2c1NC1CCC(NC(=O)[C@H](C)N)CC1. The first-order valence-electron chi connectivity index (χ1n) is 11.6. The molecule has 1 aliphatic carbocycles. The Balaban J connectivity index is 1.65. The van der Waals surface area contributed by atoms with E-state index < -0.39 is 6.04 Å². The smallest absolute Gasteiger partial charge is 0.236 e. The summed E-state index contributed by atoms with van der Waals surface area (Å²) in [6.07, 6.45) is 4.94. The van der Waals surface area contributed by atoms with E-state index in [1.807, 2.05) is 18.2 Å². The number of fused-ring (bicyclic) bond motifs is 1. The molecule has 5 N–H and O–H groups in total. The molecule has 35 heavy (non-hydrogen) atoms. The molecule has 184 valence electrons. The van der Waals surface area contributed by atoms with Crippen LogP contribution in [-0.2, 0) is 4.79 Å². The molecule has 9 heteroatoms. The maximum absolute atomic E-state index is 12.5. The average Bonchev–Trinajstić information content (AvgIpc) is 2.83. The fourth-order valence-corrected chi connectivity index (χ4v) is 4.93. The molecular formula is C26H28Cl2N4O3. The highest BCUT2D eigenvalue weighted by atomic mass is 35.5. The second-order valence-corrected chi connectivity index (χ2v) is 9.93. The van der Waals surface area contributed by atoms with Crippen molar-refractivity contribution in [1.82, 2.24) is 10.3 Å². The lowest BCUT2D eigenvalue weighted by atomic mass is 9.90. The van der Waals surface area contributed by atoms with Crippen LogP contribution in [0.3, 0.4) is 0 Å². The van der Waals surface area contributed by atoms with Crippen LogP contribution in [0.15, 0.2) is 36.5 Å². The first-order valence-corrected chi connectivity index (χ1v) is 12.3. The lowest BCUT2D eigenvalue weighted by Gasteiger charge is -2.31. The molecule has 1 saturated carbocycles. The normalized spacial score (nSPS) is 18.8. The molecule has 0 aliphatic heterocycles. The number of aromatic nitrogens is 1. The van der Waals surface area contributed by atoms with Crippen molar-refractivity contribution in [3.05, 3.63) is 52.1 Å². The number of rotatable bonds is 6. The van der Waals surface area contributed by atoms with Gasteiger partial charge in [0.15, 0.2) is 11.5 Å². The van der Waals surface area contributed by atoms with Crippen molar-refractivity contribution in [3.8, 4) is 16.9 Å². The summed E-state index contributed by atoms with van der Waals surface area (Å²) in [5, 5.41) is 17.6. The van der Waals surface area contributed by atoms with Gasteiger partial charge in [0.25, 0.3) is 0 Å². The van der Waals surface area contributed by atoms with E-state index in [4.69, 9.17) is 28.9 Å². The highest BCUT2D eigenvalue weighted by Gasteiger charge is 2.25. The third-order valence-electron chi connectivity index (χ3n) is 6.43. The van der Waals surface area contributed by atoms with Crippen molar-refractivity contribution in [3.63, 3.8) is 0 Å². The molecule has 1 atom stereocenters. The van der Waals surface area contributed by atoms with Crippen molar-refractivity contribution >= 4 is 51.5 Å². The molecule has 7 nitrogen and oxygen atoms in total. The molecule has 1 amide bonds. The zero-order valence-electron chi connectivity index (χ0n) is 19.6. The van der Waals surface area contributed by atoms with E-state index in [0.29, 0.717) is 5.56 Å². The minimum absolute atomic E-state index is 0.0825. The van der Waals surface area contributed by atoms with Gasteiger partial charge in [0.1, 0.15) is 0 Å². The van der Waals surface area contributed by atoms with Crippen LogP contribution in [0.1, 0.15) is 49.9 Å². The second kappa shape index (κ2) is 10.4. The Morgan fingerprint density at radius 1 is 1.06 bits per heavy atom. The highest BCUT2D eigenvalue weighted by molar-refractivity contribution is 6.37. The predicted molar refractivity (Wildman–Crippen MR) is 140 cm³/mol. The largest absolute Gasteiger partial charge is 0.505 e. The standard InChI is InChI=1S/C26H28Cl2N4O3/c1-13(29)26(35)32-18-6-4-17(5-7-18)31-24-19-9-15(16-10-21(27)25(34)22(28)11-16)3-8-23(19)30-12-20(24)14(2)33/h3,8-13,17-18,34H,4-7,29H2,1-2H3,(H,30,31)(H,32,35)/t13-,17?,18?/m0/s1. The Bertz CT molecular complexity index is 1260. The van der Waals surface area contributed by atoms with E-state index >= 15 is 0 Å². The molecule has 1 heterocycles. The van der Waals surface area contributed by atoms with Crippen LogP contribution < -0.4 is 16.4 Å². The summed E-state index contributed by atoms with van der Waals surface area (Å²) in [5.74, 6) is -0.378. The fraction of sp³-hybridized carbons (Fsp3) is 0.346. The Labute approximate surface area is 214 Å². The topological polar surface area (TPSA) is 117 Å². The van der Waals surface area contributed by atoms with Gasteiger partial charge in [-0.1, -0.05) is 29.3 Å². The molecule has 0 unspecified atom stereocenters. The minimum Gasteiger partial charge on any atom is -0.505 e. The first-order chi connectivity index (χ1) is 16.6. The van der Waals surface area contributed by atoms with E-state index in [0.717, 1.165) is 53.4 Å². The summed E-state index contributed by atoms with van der Waals surface area (Å²) >= 11 is 12.3. The summed E-state index contributed by atoms with van der Waals surface area (Å²) < 4.78 is 0. The summed E-state index contributed by atoms with van der Waals surface area (Å²) in [4.78, 5) is 28.9. The number of nitrogens with one attached hydrogen (secondary N) is 2. The van der Waals surface area contributed by atoms with Crippen LogP contribution in [-0.4, -0.2) is 39.9 Å². The number of halogens is 2. The van der Waals surface area contributed by atoms with Crippen molar-refractivity contribution in [2.45, 2.75) is 57.7 Å². The van der Waals surface area contributed by atoms with Gasteiger partial charge in [0, 0.05) is 23.7 Å². The number of hydrogen-bond acceptors (Lipinski definition) is 6. The zero-order chi connectivity index (χ0) is 25.3. The monoisotopic (exact) mass is 514 g/mol. The zero-order valence-corrected chi connectivity index (χ0v) is 21.1. The molecule has 0 bridgehead atoms. The Morgan fingerprint density at radius 2 is 1.69 bits per heavy atom. The Morgan fingerprint density at radius 3 is 2.29 bits per heavy atom. The third-order valence-corrected chi connectivity index (χ3v) is 7.01. The van der Waals surface area contributed by atoms with Gasteiger partial charge in [-0.05, 0) is 74.9 Å². The quantitative estimate of drug-likeness (QED) is 0.331. The number of pyridine rings is 1. The average molecular weight is 515 g/mol. The second-order valence-electron chi connectivity index (χ2n) is 9.11. The van der Waals surface area contributed by atoms with E-state index in [1.54, 1.807) is 25.3 Å². The van der Waals surface area contributed by atoms with E-state index in [-0.39, 0.29) is 39.6 Å². The number of nitrogens with two attached hydrogens (primary N) is 1. The van der Waals surface area contributed by atoms with Gasteiger partial charge < -0.3 is 21.5 Å². The third kappa shape index (κ3) is 5.53. The lowest BCUT2D eigenvalue weighted by molar-refractivity contribution is -0.122. The van der Waals surface area contributed by atoms with Gasteiger partial charge in [-0.25, -0.2) is 0 Å². The highest BCUT2D eigenvalue weighted by Crippen LogP contribution is 2.38. The molecule has 2 aromatic carbocycles. The number of carbonyl (C=O) groups is 2.